The number of hydrogen-bond acceptors (Lipinski definition) is 4. The highest BCUT2D eigenvalue weighted by molar-refractivity contribution is 5.89. The molecule has 6 heteroatoms. The molecule has 1 fully saturated rings. The Kier molecular flexibility index (Phi) is 7.43. The predicted molar refractivity (Wildman–Crippen MR) is 70.7 cm³/mol. The molecule has 0 aromatic heterocycles. The molecular weight excluding hydrogens is 248 g/mol. The van der Waals surface area contributed by atoms with E-state index in [0.29, 0.717) is 32.8 Å². The minimum atomic E-state index is -0.573. The lowest BCUT2D eigenvalue weighted by Crippen LogP contribution is -2.48. The molecule has 0 unspecified atom stereocenters. The van der Waals surface area contributed by atoms with Gasteiger partial charge in [-0.3, -0.25) is 9.59 Å². The highest BCUT2D eigenvalue weighted by atomic mass is 16.5. The van der Waals surface area contributed by atoms with Crippen LogP contribution in [-0.4, -0.2) is 50.3 Å². The number of nitrogens with one attached hydrogen (secondary N) is 2. The maximum Gasteiger partial charge on any atom is 0.249 e. The Balaban J connectivity index is 2.29. The van der Waals surface area contributed by atoms with Crippen molar-refractivity contribution in [2.75, 3.05) is 26.4 Å². The van der Waals surface area contributed by atoms with Gasteiger partial charge < -0.3 is 20.1 Å². The summed E-state index contributed by atoms with van der Waals surface area (Å²) in [5.74, 6) is -0.356. The molecule has 2 atom stereocenters. The molecule has 1 aliphatic rings. The van der Waals surface area contributed by atoms with Crippen LogP contribution in [0, 0.1) is 0 Å². The molecule has 19 heavy (non-hydrogen) atoms. The highest BCUT2D eigenvalue weighted by Gasteiger charge is 2.24. The summed E-state index contributed by atoms with van der Waals surface area (Å²) in [6, 6.07) is -0.437. The second kappa shape index (κ2) is 8.87. The predicted octanol–water partition coefficient (Wildman–Crippen LogP) is 0.213. The zero-order chi connectivity index (χ0) is 14.1. The molecule has 6 nitrogen and oxygen atoms in total. The van der Waals surface area contributed by atoms with Crippen molar-refractivity contribution in [1.29, 1.82) is 0 Å². The van der Waals surface area contributed by atoms with Crippen molar-refractivity contribution in [3.8, 4) is 0 Å². The normalized spacial score (nSPS) is 21.4. The average Bonchev–Trinajstić information content (AvgIpc) is 2.60. The number of amides is 2. The average molecular weight is 272 g/mol. The molecule has 1 rings (SSSR count). The van der Waals surface area contributed by atoms with Crippen LogP contribution in [0.15, 0.2) is 0 Å². The van der Waals surface area contributed by atoms with Crippen molar-refractivity contribution >= 4 is 11.8 Å². The van der Waals surface area contributed by atoms with Gasteiger partial charge in [0.2, 0.25) is 11.8 Å². The first-order chi connectivity index (χ1) is 9.15. The van der Waals surface area contributed by atoms with E-state index in [0.717, 1.165) is 12.8 Å². The van der Waals surface area contributed by atoms with Crippen molar-refractivity contribution in [2.45, 2.75) is 45.3 Å². The van der Waals surface area contributed by atoms with Crippen molar-refractivity contribution in [1.82, 2.24) is 10.6 Å². The van der Waals surface area contributed by atoms with Crippen LogP contribution in [0.25, 0.3) is 0 Å². The Bertz CT molecular complexity index is 296. The van der Waals surface area contributed by atoms with Gasteiger partial charge in [0.1, 0.15) is 12.1 Å². The lowest BCUT2D eigenvalue weighted by Gasteiger charge is -2.18. The summed E-state index contributed by atoms with van der Waals surface area (Å²) in [5, 5.41) is 5.52. The summed E-state index contributed by atoms with van der Waals surface area (Å²) in [7, 11) is 0. The summed E-state index contributed by atoms with van der Waals surface area (Å²) in [4.78, 5) is 23.6. The molecular formula is C13H24N2O4. The van der Waals surface area contributed by atoms with Crippen LogP contribution in [0.3, 0.4) is 0 Å². The molecule has 0 aromatic rings. The van der Waals surface area contributed by atoms with Gasteiger partial charge in [0.25, 0.3) is 0 Å². The maximum atomic E-state index is 11.9. The van der Waals surface area contributed by atoms with Gasteiger partial charge in [0.15, 0.2) is 0 Å². The third-order valence-corrected chi connectivity index (χ3v) is 3.02. The quantitative estimate of drug-likeness (QED) is 0.650. The van der Waals surface area contributed by atoms with E-state index in [4.69, 9.17) is 9.47 Å². The van der Waals surface area contributed by atoms with Crippen LogP contribution in [0.4, 0.5) is 0 Å². The minimum absolute atomic E-state index is 0.104. The first-order valence-electron chi connectivity index (χ1n) is 6.92. The fraction of sp³-hybridized carbons (Fsp3) is 0.846. The number of hydrogen-bond donors (Lipinski definition) is 2. The number of rotatable bonds is 7. The van der Waals surface area contributed by atoms with Gasteiger partial charge in [-0.25, -0.2) is 0 Å². The number of carbonyl (C=O) groups excluding carboxylic acids is 2. The van der Waals surface area contributed by atoms with E-state index in [2.05, 4.69) is 10.6 Å². The van der Waals surface area contributed by atoms with Crippen LogP contribution in [0.5, 0.6) is 0 Å². The minimum Gasteiger partial charge on any atom is -0.379 e. The molecule has 2 N–H and O–H groups in total. The molecule has 0 aliphatic carbocycles. The van der Waals surface area contributed by atoms with E-state index in [9.17, 15) is 9.59 Å². The smallest absolute Gasteiger partial charge is 0.249 e. The lowest BCUT2D eigenvalue weighted by molar-refractivity contribution is -0.136. The second-order valence-corrected chi connectivity index (χ2v) is 4.56. The van der Waals surface area contributed by atoms with E-state index in [1.165, 1.54) is 0 Å². The first kappa shape index (κ1) is 15.9. The van der Waals surface area contributed by atoms with E-state index in [1.807, 2.05) is 6.92 Å². The monoisotopic (exact) mass is 272 g/mol. The molecule has 1 aliphatic heterocycles. The third-order valence-electron chi connectivity index (χ3n) is 3.02. The molecule has 2 amide bonds. The number of ether oxygens (including phenoxy) is 2. The van der Waals surface area contributed by atoms with Crippen molar-refractivity contribution in [3.05, 3.63) is 0 Å². The van der Waals surface area contributed by atoms with Crippen LogP contribution < -0.4 is 10.6 Å². The van der Waals surface area contributed by atoms with Crippen LogP contribution in [-0.2, 0) is 19.1 Å². The molecule has 0 radical (unpaired) electrons. The van der Waals surface area contributed by atoms with Gasteiger partial charge in [-0.15, -0.1) is 0 Å². The molecule has 0 aromatic carbocycles. The van der Waals surface area contributed by atoms with E-state index >= 15 is 0 Å². The molecule has 110 valence electrons. The van der Waals surface area contributed by atoms with Gasteiger partial charge >= 0.3 is 0 Å². The number of carbonyl (C=O) groups is 2. The van der Waals surface area contributed by atoms with Gasteiger partial charge in [0.05, 0.1) is 13.2 Å². The van der Waals surface area contributed by atoms with Crippen molar-refractivity contribution in [2.24, 2.45) is 0 Å². The zero-order valence-electron chi connectivity index (χ0n) is 11.7. The second-order valence-electron chi connectivity index (χ2n) is 4.56. The summed E-state index contributed by atoms with van der Waals surface area (Å²) in [6.45, 7) is 5.74. The molecule has 1 heterocycles. The first-order valence-corrected chi connectivity index (χ1v) is 6.92. The Labute approximate surface area is 114 Å². The SMILES string of the molecule is CCOCCO[C@@H](C)C(=O)N[C@@H]1CCCCNC1=O. The van der Waals surface area contributed by atoms with Crippen LogP contribution in [0.1, 0.15) is 33.1 Å². The van der Waals surface area contributed by atoms with Gasteiger partial charge in [-0.2, -0.15) is 0 Å². The summed E-state index contributed by atoms with van der Waals surface area (Å²) >= 11 is 0. The van der Waals surface area contributed by atoms with Gasteiger partial charge in [-0.1, -0.05) is 0 Å². The fourth-order valence-corrected chi connectivity index (χ4v) is 1.87. The highest BCUT2D eigenvalue weighted by Crippen LogP contribution is 2.06. The Morgan fingerprint density at radius 3 is 3.00 bits per heavy atom. The molecule has 0 bridgehead atoms. The van der Waals surface area contributed by atoms with Crippen LogP contribution >= 0.6 is 0 Å². The summed E-state index contributed by atoms with van der Waals surface area (Å²) < 4.78 is 10.5. The Morgan fingerprint density at radius 1 is 1.47 bits per heavy atom. The van der Waals surface area contributed by atoms with Gasteiger partial charge in [-0.05, 0) is 33.1 Å². The van der Waals surface area contributed by atoms with E-state index in [-0.39, 0.29) is 11.8 Å². The summed E-state index contributed by atoms with van der Waals surface area (Å²) in [6.07, 6.45) is 2.00. The van der Waals surface area contributed by atoms with E-state index < -0.39 is 12.1 Å². The Hall–Kier alpha value is -1.14. The molecule has 1 saturated heterocycles. The van der Waals surface area contributed by atoms with Crippen molar-refractivity contribution < 1.29 is 19.1 Å². The fourth-order valence-electron chi connectivity index (χ4n) is 1.87. The molecule has 0 saturated carbocycles. The van der Waals surface area contributed by atoms with E-state index in [1.54, 1.807) is 6.92 Å². The zero-order valence-corrected chi connectivity index (χ0v) is 11.7. The topological polar surface area (TPSA) is 76.7 Å². The largest absolute Gasteiger partial charge is 0.379 e. The van der Waals surface area contributed by atoms with Crippen molar-refractivity contribution in [3.63, 3.8) is 0 Å². The lowest BCUT2D eigenvalue weighted by atomic mass is 10.1. The molecule has 0 spiro atoms. The van der Waals surface area contributed by atoms with Crippen LogP contribution in [0.2, 0.25) is 0 Å². The Morgan fingerprint density at radius 2 is 2.26 bits per heavy atom. The standard InChI is InChI=1S/C13H24N2O4/c1-3-18-8-9-19-10(2)12(16)15-11-6-4-5-7-14-13(11)17/h10-11H,3-9H2,1-2H3,(H,14,17)(H,15,16)/t10-,11+/m0/s1. The van der Waals surface area contributed by atoms with Gasteiger partial charge in [0, 0.05) is 13.2 Å². The summed E-state index contributed by atoms with van der Waals surface area (Å²) in [5.41, 5.74) is 0. The maximum absolute atomic E-state index is 11.9. The third kappa shape index (κ3) is 6.02.